The van der Waals surface area contributed by atoms with Gasteiger partial charge in [0, 0.05) is 32.5 Å². The fraction of sp³-hybridized carbons (Fsp3) is 0.545. The Morgan fingerprint density at radius 3 is 2.88 bits per heavy atom. The Bertz CT molecular complexity index is 406. The highest BCUT2D eigenvalue weighted by Gasteiger charge is 2.20. The first-order valence-corrected chi connectivity index (χ1v) is 6.02. The van der Waals surface area contributed by atoms with Gasteiger partial charge < -0.3 is 15.4 Å². The van der Waals surface area contributed by atoms with Gasteiger partial charge in [0.25, 0.3) is 0 Å². The number of nitrogens with zero attached hydrogens (tertiary/aromatic N) is 3. The highest BCUT2D eigenvalue weighted by molar-refractivity contribution is 7.80. The van der Waals surface area contributed by atoms with E-state index in [1.54, 1.807) is 12.3 Å². The number of rotatable bonds is 3. The fourth-order valence-electron chi connectivity index (χ4n) is 1.89. The number of hydrogen-bond acceptors (Lipinski definition) is 5. The van der Waals surface area contributed by atoms with Crippen molar-refractivity contribution >= 4 is 23.2 Å². The van der Waals surface area contributed by atoms with Crippen molar-refractivity contribution in [3.05, 3.63) is 18.0 Å². The van der Waals surface area contributed by atoms with Crippen LogP contribution in [-0.2, 0) is 4.74 Å². The van der Waals surface area contributed by atoms with Gasteiger partial charge in [-0.15, -0.1) is 0 Å². The minimum atomic E-state index is 0.300. The molecule has 6 heteroatoms. The number of hydrogen-bond donors (Lipinski definition) is 1. The smallest absolute Gasteiger partial charge is 0.225 e. The number of aromatic nitrogens is 2. The van der Waals surface area contributed by atoms with E-state index in [1.807, 2.05) is 7.05 Å². The summed E-state index contributed by atoms with van der Waals surface area (Å²) in [6.07, 6.45) is 3.68. The number of nitrogens with two attached hydrogens (primary N) is 1. The third-order valence-corrected chi connectivity index (χ3v) is 3.16. The van der Waals surface area contributed by atoms with Crippen molar-refractivity contribution in [2.75, 3.05) is 25.2 Å². The van der Waals surface area contributed by atoms with Crippen LogP contribution >= 0.6 is 12.2 Å². The highest BCUT2D eigenvalue weighted by Crippen LogP contribution is 2.17. The molecule has 2 rings (SSSR count). The lowest BCUT2D eigenvalue weighted by Crippen LogP contribution is -2.37. The van der Waals surface area contributed by atoms with Crippen molar-refractivity contribution in [3.63, 3.8) is 0 Å². The first-order chi connectivity index (χ1) is 8.18. The van der Waals surface area contributed by atoms with Crippen molar-refractivity contribution in [2.45, 2.75) is 18.9 Å². The van der Waals surface area contributed by atoms with Gasteiger partial charge in [-0.3, -0.25) is 0 Å². The normalized spacial score (nSPS) is 16.8. The third kappa shape index (κ3) is 2.89. The minimum absolute atomic E-state index is 0.300. The van der Waals surface area contributed by atoms with Crippen LogP contribution < -0.4 is 10.6 Å². The quantitative estimate of drug-likeness (QED) is 0.800. The van der Waals surface area contributed by atoms with E-state index in [4.69, 9.17) is 22.7 Å². The van der Waals surface area contributed by atoms with Gasteiger partial charge in [0.2, 0.25) is 5.95 Å². The molecule has 1 fully saturated rings. The lowest BCUT2D eigenvalue weighted by Gasteiger charge is -2.31. The van der Waals surface area contributed by atoms with E-state index < -0.39 is 0 Å². The van der Waals surface area contributed by atoms with Crippen LogP contribution in [0.2, 0.25) is 0 Å². The summed E-state index contributed by atoms with van der Waals surface area (Å²) in [6.45, 7) is 1.59. The van der Waals surface area contributed by atoms with E-state index in [-0.39, 0.29) is 0 Å². The molecule has 0 aliphatic carbocycles. The molecular formula is C11H16N4OS. The summed E-state index contributed by atoms with van der Waals surface area (Å²) in [5.41, 5.74) is 6.18. The average Bonchev–Trinajstić information content (AvgIpc) is 2.39. The van der Waals surface area contributed by atoms with Crippen LogP contribution in [0.25, 0.3) is 0 Å². The van der Waals surface area contributed by atoms with Gasteiger partial charge in [-0.2, -0.15) is 0 Å². The first kappa shape index (κ1) is 12.2. The van der Waals surface area contributed by atoms with E-state index in [0.29, 0.717) is 22.7 Å². The van der Waals surface area contributed by atoms with Crippen molar-refractivity contribution in [1.29, 1.82) is 0 Å². The van der Waals surface area contributed by atoms with Crippen LogP contribution in [0.15, 0.2) is 12.3 Å². The summed E-state index contributed by atoms with van der Waals surface area (Å²) >= 11 is 4.91. The highest BCUT2D eigenvalue weighted by atomic mass is 32.1. The van der Waals surface area contributed by atoms with Crippen molar-refractivity contribution in [3.8, 4) is 0 Å². The molecule has 2 heterocycles. The van der Waals surface area contributed by atoms with Crippen LogP contribution in [0.1, 0.15) is 18.5 Å². The van der Waals surface area contributed by atoms with Crippen LogP contribution in [-0.4, -0.2) is 41.3 Å². The zero-order valence-corrected chi connectivity index (χ0v) is 10.6. The molecule has 0 atom stereocenters. The van der Waals surface area contributed by atoms with Gasteiger partial charge in [-0.1, -0.05) is 12.2 Å². The average molecular weight is 252 g/mol. The van der Waals surface area contributed by atoms with E-state index in [2.05, 4.69) is 14.9 Å². The minimum Gasteiger partial charge on any atom is -0.388 e. The Kier molecular flexibility index (Phi) is 3.86. The third-order valence-electron chi connectivity index (χ3n) is 2.95. The standard InChI is InChI=1S/C11H16N4OS/c1-15(8-3-6-16-7-4-8)11-13-5-2-9(14-11)10(12)17/h2,5,8H,3-4,6-7H2,1H3,(H2,12,17). The molecule has 1 aromatic heterocycles. The molecule has 1 saturated heterocycles. The number of thiocarbonyl (C=S) groups is 1. The lowest BCUT2D eigenvalue weighted by atomic mass is 10.1. The van der Waals surface area contributed by atoms with Crippen LogP contribution in [0.4, 0.5) is 5.95 Å². The molecular weight excluding hydrogens is 236 g/mol. The number of ether oxygens (including phenoxy) is 1. The van der Waals surface area contributed by atoms with Crippen LogP contribution in [0, 0.1) is 0 Å². The van der Waals surface area contributed by atoms with Gasteiger partial charge in [0.15, 0.2) is 0 Å². The SMILES string of the molecule is CN(c1nccc(C(N)=S)n1)C1CCOCC1. The van der Waals surface area contributed by atoms with E-state index in [9.17, 15) is 0 Å². The zero-order chi connectivity index (χ0) is 12.3. The second-order valence-electron chi connectivity index (χ2n) is 4.06. The van der Waals surface area contributed by atoms with Gasteiger partial charge >= 0.3 is 0 Å². The number of anilines is 1. The molecule has 1 aliphatic rings. The predicted molar refractivity (Wildman–Crippen MR) is 70.2 cm³/mol. The fourth-order valence-corrected chi connectivity index (χ4v) is 2.00. The van der Waals surface area contributed by atoms with Gasteiger partial charge in [0.05, 0.1) is 0 Å². The summed E-state index contributed by atoms with van der Waals surface area (Å²) in [5, 5.41) is 0. The largest absolute Gasteiger partial charge is 0.388 e. The molecule has 1 aromatic rings. The molecule has 1 aliphatic heterocycles. The monoisotopic (exact) mass is 252 g/mol. The Morgan fingerprint density at radius 1 is 1.53 bits per heavy atom. The summed E-state index contributed by atoms with van der Waals surface area (Å²) in [5.74, 6) is 0.669. The lowest BCUT2D eigenvalue weighted by molar-refractivity contribution is 0.0852. The predicted octanol–water partition coefficient (Wildman–Crippen LogP) is 0.726. The van der Waals surface area contributed by atoms with E-state index >= 15 is 0 Å². The van der Waals surface area contributed by atoms with Gasteiger partial charge in [-0.25, -0.2) is 9.97 Å². The Labute approximate surface area is 106 Å². The molecule has 0 unspecified atom stereocenters. The molecule has 5 nitrogen and oxygen atoms in total. The zero-order valence-electron chi connectivity index (χ0n) is 9.80. The summed E-state index contributed by atoms with van der Waals surface area (Å²) in [7, 11) is 1.99. The molecule has 0 saturated carbocycles. The summed E-state index contributed by atoms with van der Waals surface area (Å²) < 4.78 is 5.34. The van der Waals surface area contributed by atoms with Crippen molar-refractivity contribution < 1.29 is 4.74 Å². The maximum Gasteiger partial charge on any atom is 0.225 e. The summed E-state index contributed by atoms with van der Waals surface area (Å²) in [6, 6.07) is 2.15. The maximum atomic E-state index is 5.56. The topological polar surface area (TPSA) is 64.3 Å². The molecule has 2 N–H and O–H groups in total. The van der Waals surface area contributed by atoms with Crippen molar-refractivity contribution in [1.82, 2.24) is 9.97 Å². The Hall–Kier alpha value is -1.27. The maximum absolute atomic E-state index is 5.56. The molecule has 92 valence electrons. The molecule has 0 aromatic carbocycles. The van der Waals surface area contributed by atoms with E-state index in [0.717, 1.165) is 26.1 Å². The molecule has 0 spiro atoms. The van der Waals surface area contributed by atoms with Crippen LogP contribution in [0.3, 0.4) is 0 Å². The Balaban J connectivity index is 2.14. The van der Waals surface area contributed by atoms with Crippen LogP contribution in [0.5, 0.6) is 0 Å². The second-order valence-corrected chi connectivity index (χ2v) is 4.50. The molecule has 0 radical (unpaired) electrons. The first-order valence-electron chi connectivity index (χ1n) is 5.62. The Morgan fingerprint density at radius 2 is 2.24 bits per heavy atom. The van der Waals surface area contributed by atoms with Crippen molar-refractivity contribution in [2.24, 2.45) is 5.73 Å². The van der Waals surface area contributed by atoms with E-state index in [1.165, 1.54) is 0 Å². The summed E-state index contributed by atoms with van der Waals surface area (Å²) in [4.78, 5) is 11.0. The molecule has 0 bridgehead atoms. The van der Waals surface area contributed by atoms with Gasteiger partial charge in [0.1, 0.15) is 10.7 Å². The molecule has 0 amide bonds. The molecule has 17 heavy (non-hydrogen) atoms. The second kappa shape index (κ2) is 5.37. The van der Waals surface area contributed by atoms with Gasteiger partial charge in [-0.05, 0) is 18.9 Å².